The number of aliphatic hydroxyl groups excluding tert-OH is 2. The van der Waals surface area contributed by atoms with E-state index < -0.39 is 11.9 Å². The Morgan fingerprint density at radius 3 is 1.21 bits per heavy atom. The molecule has 0 unspecified atom stereocenters. The van der Waals surface area contributed by atoms with Crippen LogP contribution in [-0.4, -0.2) is 45.6 Å². The molecule has 0 saturated carbocycles. The van der Waals surface area contributed by atoms with E-state index in [2.05, 4.69) is 0 Å². The van der Waals surface area contributed by atoms with Crippen LogP contribution in [0, 0.1) is 0 Å². The standard InChI is InChI=1S/C6H10O4.C2H6O2/c7-5(8)3-1-2-4-6(9)10;3-1-2-4/h1-4H2,(H,7,8)(H,9,10);3-4H,1-2H2. The Labute approximate surface area is 81.8 Å². The summed E-state index contributed by atoms with van der Waals surface area (Å²) in [5.74, 6) is -1.74. The molecule has 84 valence electrons. The van der Waals surface area contributed by atoms with Crippen molar-refractivity contribution < 1.29 is 30.0 Å². The Morgan fingerprint density at radius 2 is 1.07 bits per heavy atom. The van der Waals surface area contributed by atoms with E-state index in [1.807, 2.05) is 0 Å². The lowest BCUT2D eigenvalue weighted by atomic mass is 10.2. The molecular formula is C8H16O6. The summed E-state index contributed by atoms with van der Waals surface area (Å²) in [6, 6.07) is 0. The summed E-state index contributed by atoms with van der Waals surface area (Å²) in [5, 5.41) is 31.5. The molecule has 6 heteroatoms. The Morgan fingerprint density at radius 1 is 0.786 bits per heavy atom. The minimum Gasteiger partial charge on any atom is -0.481 e. The molecule has 0 spiro atoms. The van der Waals surface area contributed by atoms with Crippen LogP contribution < -0.4 is 0 Å². The number of carboxylic acid groups (broad SMARTS) is 2. The Hall–Kier alpha value is -1.14. The Balaban J connectivity index is 0. The summed E-state index contributed by atoms with van der Waals surface area (Å²) in [4.78, 5) is 19.8. The maximum Gasteiger partial charge on any atom is 0.303 e. The van der Waals surface area contributed by atoms with Crippen molar-refractivity contribution in [3.63, 3.8) is 0 Å². The predicted molar refractivity (Wildman–Crippen MR) is 47.9 cm³/mol. The van der Waals surface area contributed by atoms with Gasteiger partial charge in [0.2, 0.25) is 0 Å². The van der Waals surface area contributed by atoms with Gasteiger partial charge >= 0.3 is 11.9 Å². The molecule has 0 radical (unpaired) electrons. The van der Waals surface area contributed by atoms with E-state index in [-0.39, 0.29) is 26.1 Å². The zero-order valence-corrected chi connectivity index (χ0v) is 7.85. The van der Waals surface area contributed by atoms with Gasteiger partial charge in [-0.05, 0) is 12.8 Å². The fourth-order valence-corrected chi connectivity index (χ4v) is 0.552. The predicted octanol–water partition coefficient (Wildman–Crippen LogP) is -0.313. The first-order valence-corrected chi connectivity index (χ1v) is 4.20. The molecule has 0 heterocycles. The van der Waals surface area contributed by atoms with Gasteiger partial charge < -0.3 is 20.4 Å². The monoisotopic (exact) mass is 208 g/mol. The number of aliphatic carboxylic acids is 2. The van der Waals surface area contributed by atoms with Crippen LogP contribution in [0.2, 0.25) is 0 Å². The first kappa shape index (κ1) is 15.3. The highest BCUT2D eigenvalue weighted by atomic mass is 16.4. The molecule has 0 aromatic rings. The first-order valence-electron chi connectivity index (χ1n) is 4.20. The summed E-state index contributed by atoms with van der Waals surface area (Å²) < 4.78 is 0. The van der Waals surface area contributed by atoms with Gasteiger partial charge in [-0.15, -0.1) is 0 Å². The van der Waals surface area contributed by atoms with Crippen molar-refractivity contribution in [2.75, 3.05) is 13.2 Å². The Bertz CT molecular complexity index is 138. The molecule has 0 rings (SSSR count). The van der Waals surface area contributed by atoms with E-state index >= 15 is 0 Å². The van der Waals surface area contributed by atoms with Crippen molar-refractivity contribution in [1.29, 1.82) is 0 Å². The van der Waals surface area contributed by atoms with E-state index in [4.69, 9.17) is 20.4 Å². The number of aliphatic hydroxyl groups is 2. The van der Waals surface area contributed by atoms with Crippen molar-refractivity contribution >= 4 is 11.9 Å². The molecule has 6 nitrogen and oxygen atoms in total. The smallest absolute Gasteiger partial charge is 0.303 e. The van der Waals surface area contributed by atoms with Crippen molar-refractivity contribution in [2.45, 2.75) is 25.7 Å². The lowest BCUT2D eigenvalue weighted by molar-refractivity contribution is -0.139. The second-order valence-corrected chi connectivity index (χ2v) is 2.44. The topological polar surface area (TPSA) is 115 Å². The van der Waals surface area contributed by atoms with Gasteiger partial charge in [0.25, 0.3) is 0 Å². The maximum atomic E-state index is 9.90. The van der Waals surface area contributed by atoms with Crippen LogP contribution in [0.5, 0.6) is 0 Å². The molecule has 0 atom stereocenters. The lowest BCUT2D eigenvalue weighted by Gasteiger charge is -1.92. The van der Waals surface area contributed by atoms with E-state index in [1.54, 1.807) is 0 Å². The van der Waals surface area contributed by atoms with Crippen molar-refractivity contribution in [1.82, 2.24) is 0 Å². The van der Waals surface area contributed by atoms with Crippen LogP contribution in [-0.2, 0) is 9.59 Å². The van der Waals surface area contributed by atoms with Gasteiger partial charge in [-0.1, -0.05) is 0 Å². The number of hydrogen-bond acceptors (Lipinski definition) is 4. The third-order valence-electron chi connectivity index (χ3n) is 1.13. The number of rotatable bonds is 6. The van der Waals surface area contributed by atoms with Gasteiger partial charge in [-0.3, -0.25) is 9.59 Å². The molecule has 0 aliphatic carbocycles. The zero-order valence-electron chi connectivity index (χ0n) is 7.85. The molecule has 0 aliphatic rings. The highest BCUT2D eigenvalue weighted by molar-refractivity contribution is 5.67. The maximum absolute atomic E-state index is 9.90. The van der Waals surface area contributed by atoms with Crippen molar-refractivity contribution in [3.05, 3.63) is 0 Å². The van der Waals surface area contributed by atoms with Crippen LogP contribution in [0.3, 0.4) is 0 Å². The van der Waals surface area contributed by atoms with Gasteiger partial charge in [0.1, 0.15) is 0 Å². The summed E-state index contributed by atoms with van der Waals surface area (Å²) in [7, 11) is 0. The van der Waals surface area contributed by atoms with E-state index in [0.717, 1.165) is 0 Å². The SMILES string of the molecule is O=C(O)CCCCC(=O)O.OCCO. The molecular weight excluding hydrogens is 192 g/mol. The second kappa shape index (κ2) is 11.9. The number of carboxylic acids is 2. The normalized spacial score (nSPS) is 8.71. The van der Waals surface area contributed by atoms with E-state index in [1.165, 1.54) is 0 Å². The number of carbonyl (C=O) groups is 2. The summed E-state index contributed by atoms with van der Waals surface area (Å²) in [6.45, 7) is -0.250. The minimum atomic E-state index is -0.870. The van der Waals surface area contributed by atoms with Gasteiger partial charge in [-0.25, -0.2) is 0 Å². The largest absolute Gasteiger partial charge is 0.481 e. The molecule has 0 aromatic heterocycles. The van der Waals surface area contributed by atoms with Crippen LogP contribution in [0.1, 0.15) is 25.7 Å². The summed E-state index contributed by atoms with van der Waals surface area (Å²) in [6.07, 6.45) is 1.02. The lowest BCUT2D eigenvalue weighted by Crippen LogP contribution is -1.97. The van der Waals surface area contributed by atoms with Crippen LogP contribution in [0.4, 0.5) is 0 Å². The second-order valence-electron chi connectivity index (χ2n) is 2.44. The molecule has 0 bridgehead atoms. The van der Waals surface area contributed by atoms with Crippen LogP contribution in [0.15, 0.2) is 0 Å². The fraction of sp³-hybridized carbons (Fsp3) is 0.750. The third kappa shape index (κ3) is 22.4. The molecule has 0 aliphatic heterocycles. The zero-order chi connectivity index (χ0) is 11.4. The van der Waals surface area contributed by atoms with Crippen LogP contribution in [0.25, 0.3) is 0 Å². The first-order chi connectivity index (χ1) is 6.54. The molecule has 0 fully saturated rings. The number of unbranched alkanes of at least 4 members (excludes halogenated alkanes) is 1. The molecule has 14 heavy (non-hydrogen) atoms. The van der Waals surface area contributed by atoms with Gasteiger partial charge in [0.05, 0.1) is 13.2 Å². The molecule has 4 N–H and O–H groups in total. The molecule has 0 amide bonds. The highest BCUT2D eigenvalue weighted by Gasteiger charge is 1.99. The van der Waals surface area contributed by atoms with Crippen LogP contribution >= 0.6 is 0 Å². The van der Waals surface area contributed by atoms with E-state index in [0.29, 0.717) is 12.8 Å². The molecule has 0 aromatic carbocycles. The summed E-state index contributed by atoms with van der Waals surface area (Å²) in [5.41, 5.74) is 0. The molecule has 0 saturated heterocycles. The van der Waals surface area contributed by atoms with Crippen molar-refractivity contribution in [3.8, 4) is 0 Å². The number of hydrogen-bond donors (Lipinski definition) is 4. The van der Waals surface area contributed by atoms with E-state index in [9.17, 15) is 9.59 Å². The fourth-order valence-electron chi connectivity index (χ4n) is 0.552. The highest BCUT2D eigenvalue weighted by Crippen LogP contribution is 1.98. The van der Waals surface area contributed by atoms with Crippen molar-refractivity contribution in [2.24, 2.45) is 0 Å². The Kier molecular flexibility index (Phi) is 13.0. The van der Waals surface area contributed by atoms with Gasteiger partial charge in [-0.2, -0.15) is 0 Å². The quantitative estimate of drug-likeness (QED) is 0.445. The van der Waals surface area contributed by atoms with Gasteiger partial charge in [0, 0.05) is 12.8 Å². The third-order valence-corrected chi connectivity index (χ3v) is 1.13. The minimum absolute atomic E-state index is 0.0628. The van der Waals surface area contributed by atoms with Gasteiger partial charge in [0.15, 0.2) is 0 Å². The average molecular weight is 208 g/mol. The summed E-state index contributed by atoms with van der Waals surface area (Å²) >= 11 is 0. The average Bonchev–Trinajstić information content (AvgIpc) is 2.12.